The molecule has 0 fully saturated rings. The van der Waals surface area contributed by atoms with Crippen molar-refractivity contribution in [2.24, 2.45) is 5.73 Å². The summed E-state index contributed by atoms with van der Waals surface area (Å²) >= 11 is 0. The topological polar surface area (TPSA) is 35.2 Å². The van der Waals surface area contributed by atoms with Crippen LogP contribution < -0.4 is 10.5 Å². The second-order valence-electron chi connectivity index (χ2n) is 5.04. The number of rotatable bonds is 1. The van der Waals surface area contributed by atoms with E-state index in [-0.39, 0.29) is 18.0 Å². The Bertz CT molecular complexity index is 611. The predicted molar refractivity (Wildman–Crippen MR) is 72.5 cm³/mol. The summed E-state index contributed by atoms with van der Waals surface area (Å²) in [6.45, 7) is 2.05. The van der Waals surface area contributed by atoms with E-state index in [2.05, 4.69) is 19.1 Å². The molecular weight excluding hydrogens is 241 g/mol. The molecular formula is C16H16FNO. The molecule has 0 saturated heterocycles. The summed E-state index contributed by atoms with van der Waals surface area (Å²) in [7, 11) is 0. The first kappa shape index (κ1) is 12.2. The summed E-state index contributed by atoms with van der Waals surface area (Å²) in [6, 6.07) is 12.5. The summed E-state index contributed by atoms with van der Waals surface area (Å²) in [5.41, 5.74) is 9.20. The van der Waals surface area contributed by atoms with Gasteiger partial charge >= 0.3 is 0 Å². The number of hydrogen-bond acceptors (Lipinski definition) is 2. The van der Waals surface area contributed by atoms with E-state index in [9.17, 15) is 4.39 Å². The van der Waals surface area contributed by atoms with Crippen LogP contribution in [0, 0.1) is 12.7 Å². The molecule has 2 aromatic carbocycles. The minimum Gasteiger partial charge on any atom is -0.485 e. The molecule has 0 spiro atoms. The van der Waals surface area contributed by atoms with E-state index in [0.717, 1.165) is 11.1 Å². The SMILES string of the molecule is Cc1cccc(C2C[C@@H](N)c3cc(F)ccc3O2)c1. The first-order valence-corrected chi connectivity index (χ1v) is 6.42. The highest BCUT2D eigenvalue weighted by atomic mass is 19.1. The third-order valence-electron chi connectivity index (χ3n) is 3.52. The molecule has 2 atom stereocenters. The highest BCUT2D eigenvalue weighted by molar-refractivity contribution is 5.39. The van der Waals surface area contributed by atoms with Crippen LogP contribution in [0.4, 0.5) is 4.39 Å². The first-order valence-electron chi connectivity index (χ1n) is 6.42. The van der Waals surface area contributed by atoms with Crippen LogP contribution >= 0.6 is 0 Å². The molecule has 2 nitrogen and oxygen atoms in total. The third-order valence-corrected chi connectivity index (χ3v) is 3.52. The van der Waals surface area contributed by atoms with Gasteiger partial charge in [-0.05, 0) is 30.7 Å². The lowest BCUT2D eigenvalue weighted by Gasteiger charge is -2.30. The zero-order valence-electron chi connectivity index (χ0n) is 10.8. The van der Waals surface area contributed by atoms with Gasteiger partial charge in [-0.15, -0.1) is 0 Å². The van der Waals surface area contributed by atoms with Gasteiger partial charge in [0.2, 0.25) is 0 Å². The molecule has 98 valence electrons. The molecule has 0 bridgehead atoms. The van der Waals surface area contributed by atoms with E-state index in [0.29, 0.717) is 12.2 Å². The Hall–Kier alpha value is -1.87. The fraction of sp³-hybridized carbons (Fsp3) is 0.250. The van der Waals surface area contributed by atoms with Crippen LogP contribution in [0.2, 0.25) is 0 Å². The number of aryl methyl sites for hydroxylation is 1. The van der Waals surface area contributed by atoms with Crippen molar-refractivity contribution in [3.8, 4) is 5.75 Å². The average molecular weight is 257 g/mol. The second-order valence-corrected chi connectivity index (χ2v) is 5.04. The molecule has 2 N–H and O–H groups in total. The monoisotopic (exact) mass is 257 g/mol. The summed E-state index contributed by atoms with van der Waals surface area (Å²) in [4.78, 5) is 0. The molecule has 3 heteroatoms. The van der Waals surface area contributed by atoms with E-state index in [4.69, 9.17) is 10.5 Å². The Morgan fingerprint density at radius 2 is 2.05 bits per heavy atom. The number of hydrogen-bond donors (Lipinski definition) is 1. The van der Waals surface area contributed by atoms with Crippen LogP contribution in [0.3, 0.4) is 0 Å². The number of nitrogens with two attached hydrogens (primary N) is 1. The van der Waals surface area contributed by atoms with Gasteiger partial charge in [-0.3, -0.25) is 0 Å². The highest BCUT2D eigenvalue weighted by Gasteiger charge is 2.27. The lowest BCUT2D eigenvalue weighted by molar-refractivity contribution is 0.161. The van der Waals surface area contributed by atoms with Gasteiger partial charge < -0.3 is 10.5 Å². The molecule has 0 aliphatic carbocycles. The average Bonchev–Trinajstić information content (AvgIpc) is 2.39. The largest absolute Gasteiger partial charge is 0.485 e. The summed E-state index contributed by atoms with van der Waals surface area (Å²) in [6.07, 6.45) is 0.604. The van der Waals surface area contributed by atoms with Gasteiger partial charge in [0.25, 0.3) is 0 Å². The van der Waals surface area contributed by atoms with Crippen LogP contribution in [0.5, 0.6) is 5.75 Å². The third kappa shape index (κ3) is 2.34. The molecule has 1 aliphatic rings. The van der Waals surface area contributed by atoms with E-state index < -0.39 is 0 Å². The Kier molecular flexibility index (Phi) is 2.99. The van der Waals surface area contributed by atoms with Gasteiger partial charge in [-0.1, -0.05) is 29.8 Å². The Balaban J connectivity index is 1.95. The maximum atomic E-state index is 13.2. The predicted octanol–water partition coefficient (Wildman–Crippen LogP) is 3.66. The smallest absolute Gasteiger partial charge is 0.126 e. The van der Waals surface area contributed by atoms with E-state index >= 15 is 0 Å². The van der Waals surface area contributed by atoms with Crippen molar-refractivity contribution in [1.82, 2.24) is 0 Å². The van der Waals surface area contributed by atoms with Gasteiger partial charge in [0.1, 0.15) is 17.7 Å². The molecule has 0 radical (unpaired) electrons. The normalized spacial score (nSPS) is 21.6. The van der Waals surface area contributed by atoms with E-state index in [1.165, 1.54) is 17.7 Å². The molecule has 1 heterocycles. The Morgan fingerprint density at radius 1 is 1.21 bits per heavy atom. The molecule has 0 aromatic heterocycles. The van der Waals surface area contributed by atoms with Crippen LogP contribution in [0.1, 0.15) is 35.3 Å². The standard InChI is InChI=1S/C16H16FNO/c1-10-3-2-4-11(7-10)16-9-14(18)13-8-12(17)5-6-15(13)19-16/h2-8,14,16H,9,18H2,1H3/t14-,16?/m1/s1. The first-order chi connectivity index (χ1) is 9.13. The quantitative estimate of drug-likeness (QED) is 0.846. The summed E-state index contributed by atoms with van der Waals surface area (Å²) in [5, 5.41) is 0. The Labute approximate surface area is 112 Å². The molecule has 0 amide bonds. The van der Waals surface area contributed by atoms with Crippen LogP contribution in [-0.2, 0) is 0 Å². The Morgan fingerprint density at radius 3 is 2.84 bits per heavy atom. The zero-order valence-corrected chi connectivity index (χ0v) is 10.8. The molecule has 1 aliphatic heterocycles. The number of fused-ring (bicyclic) bond motifs is 1. The van der Waals surface area contributed by atoms with Gasteiger partial charge in [0.15, 0.2) is 0 Å². The molecule has 0 saturated carbocycles. The fourth-order valence-corrected chi connectivity index (χ4v) is 2.55. The number of ether oxygens (including phenoxy) is 1. The molecule has 2 aromatic rings. The van der Waals surface area contributed by atoms with Crippen LogP contribution in [0.15, 0.2) is 42.5 Å². The molecule has 1 unspecified atom stereocenters. The lowest BCUT2D eigenvalue weighted by Crippen LogP contribution is -2.24. The van der Waals surface area contributed by atoms with Crippen LogP contribution in [0.25, 0.3) is 0 Å². The van der Waals surface area contributed by atoms with E-state index in [1.807, 2.05) is 12.1 Å². The zero-order chi connectivity index (χ0) is 13.4. The van der Waals surface area contributed by atoms with Gasteiger partial charge in [0, 0.05) is 18.0 Å². The van der Waals surface area contributed by atoms with Gasteiger partial charge in [-0.25, -0.2) is 4.39 Å². The summed E-state index contributed by atoms with van der Waals surface area (Å²) in [5.74, 6) is 0.415. The molecule has 19 heavy (non-hydrogen) atoms. The molecule has 3 rings (SSSR count). The van der Waals surface area contributed by atoms with Gasteiger partial charge in [-0.2, -0.15) is 0 Å². The van der Waals surface area contributed by atoms with Crippen molar-refractivity contribution in [3.05, 3.63) is 65.0 Å². The highest BCUT2D eigenvalue weighted by Crippen LogP contribution is 2.39. The van der Waals surface area contributed by atoms with Crippen molar-refractivity contribution in [2.75, 3.05) is 0 Å². The lowest BCUT2D eigenvalue weighted by atomic mass is 9.93. The van der Waals surface area contributed by atoms with Crippen molar-refractivity contribution in [2.45, 2.75) is 25.5 Å². The van der Waals surface area contributed by atoms with Crippen LogP contribution in [-0.4, -0.2) is 0 Å². The summed E-state index contributed by atoms with van der Waals surface area (Å²) < 4.78 is 19.2. The minimum absolute atomic E-state index is 0.0622. The minimum atomic E-state index is -0.271. The maximum Gasteiger partial charge on any atom is 0.126 e. The van der Waals surface area contributed by atoms with Gasteiger partial charge in [0.05, 0.1) is 0 Å². The van der Waals surface area contributed by atoms with Crippen molar-refractivity contribution in [1.29, 1.82) is 0 Å². The van der Waals surface area contributed by atoms with E-state index in [1.54, 1.807) is 6.07 Å². The number of halogens is 1. The second kappa shape index (κ2) is 4.67. The van der Waals surface area contributed by atoms with Crippen molar-refractivity contribution < 1.29 is 9.13 Å². The maximum absolute atomic E-state index is 13.2. The van der Waals surface area contributed by atoms with Crippen molar-refractivity contribution >= 4 is 0 Å². The fourth-order valence-electron chi connectivity index (χ4n) is 2.55. The number of benzene rings is 2. The van der Waals surface area contributed by atoms with Crippen molar-refractivity contribution in [3.63, 3.8) is 0 Å².